The minimum Gasteiger partial charge on any atom is -0.312 e. The molecule has 0 aromatic heterocycles. The Morgan fingerprint density at radius 1 is 1.19 bits per heavy atom. The van der Waals surface area contributed by atoms with Crippen LogP contribution in [0.5, 0.6) is 0 Å². The lowest BCUT2D eigenvalue weighted by Crippen LogP contribution is -2.32. The van der Waals surface area contributed by atoms with E-state index in [1.54, 1.807) is 6.07 Å². The first kappa shape index (κ1) is 18.1. The third-order valence-corrected chi connectivity index (χ3v) is 3.99. The van der Waals surface area contributed by atoms with Crippen LogP contribution in [0, 0.1) is 11.7 Å². The molecular formula is C18H31FN2. The molecule has 0 saturated carbocycles. The lowest BCUT2D eigenvalue weighted by molar-refractivity contribution is 0.203. The van der Waals surface area contributed by atoms with Crippen molar-refractivity contribution in [1.82, 2.24) is 10.2 Å². The van der Waals surface area contributed by atoms with Gasteiger partial charge in [0.15, 0.2) is 0 Å². The van der Waals surface area contributed by atoms with E-state index < -0.39 is 0 Å². The van der Waals surface area contributed by atoms with Crippen LogP contribution in [-0.2, 0) is 13.1 Å². The van der Waals surface area contributed by atoms with E-state index in [4.69, 9.17) is 0 Å². The SMILES string of the molecule is CCC(C)N(CC)Cc1cc(CNCC(C)C)ccc1F. The maximum absolute atomic E-state index is 14.0. The topological polar surface area (TPSA) is 15.3 Å². The fraction of sp³-hybridized carbons (Fsp3) is 0.667. The molecule has 0 saturated heterocycles. The predicted molar refractivity (Wildman–Crippen MR) is 88.8 cm³/mol. The van der Waals surface area contributed by atoms with E-state index in [2.05, 4.69) is 44.8 Å². The molecule has 0 bridgehead atoms. The Kier molecular flexibility index (Phi) is 7.91. The molecule has 1 unspecified atom stereocenters. The van der Waals surface area contributed by atoms with Crippen LogP contribution in [0.1, 0.15) is 52.2 Å². The Morgan fingerprint density at radius 3 is 2.48 bits per heavy atom. The van der Waals surface area contributed by atoms with Gasteiger partial charge in [-0.05, 0) is 44.0 Å². The Balaban J connectivity index is 2.72. The maximum Gasteiger partial charge on any atom is 0.127 e. The quantitative estimate of drug-likeness (QED) is 0.734. The molecule has 0 aliphatic rings. The monoisotopic (exact) mass is 294 g/mol. The first-order valence-electron chi connectivity index (χ1n) is 8.19. The predicted octanol–water partition coefficient (Wildman–Crippen LogP) is 4.19. The molecule has 1 atom stereocenters. The van der Waals surface area contributed by atoms with Crippen LogP contribution in [0.3, 0.4) is 0 Å². The molecule has 0 radical (unpaired) electrons. The smallest absolute Gasteiger partial charge is 0.127 e. The molecular weight excluding hydrogens is 263 g/mol. The van der Waals surface area contributed by atoms with Crippen molar-refractivity contribution in [2.45, 2.75) is 60.2 Å². The van der Waals surface area contributed by atoms with Crippen LogP contribution in [0.2, 0.25) is 0 Å². The summed E-state index contributed by atoms with van der Waals surface area (Å²) < 4.78 is 14.0. The van der Waals surface area contributed by atoms with E-state index in [-0.39, 0.29) is 5.82 Å². The molecule has 21 heavy (non-hydrogen) atoms. The van der Waals surface area contributed by atoms with Gasteiger partial charge in [0.25, 0.3) is 0 Å². The summed E-state index contributed by atoms with van der Waals surface area (Å²) in [6.45, 7) is 14.3. The summed E-state index contributed by atoms with van der Waals surface area (Å²) >= 11 is 0. The highest BCUT2D eigenvalue weighted by Gasteiger charge is 2.13. The van der Waals surface area contributed by atoms with E-state index in [0.29, 0.717) is 18.5 Å². The number of hydrogen-bond acceptors (Lipinski definition) is 2. The van der Waals surface area contributed by atoms with Crippen molar-refractivity contribution >= 4 is 0 Å². The van der Waals surface area contributed by atoms with Crippen molar-refractivity contribution in [2.75, 3.05) is 13.1 Å². The molecule has 1 N–H and O–H groups in total. The highest BCUT2D eigenvalue weighted by Crippen LogP contribution is 2.16. The average molecular weight is 294 g/mol. The van der Waals surface area contributed by atoms with Crippen molar-refractivity contribution in [3.05, 3.63) is 35.1 Å². The first-order chi connectivity index (χ1) is 9.97. The number of nitrogens with zero attached hydrogens (tertiary/aromatic N) is 1. The number of halogens is 1. The highest BCUT2D eigenvalue weighted by atomic mass is 19.1. The molecule has 0 amide bonds. The van der Waals surface area contributed by atoms with Gasteiger partial charge in [0.1, 0.15) is 5.82 Å². The van der Waals surface area contributed by atoms with Crippen molar-refractivity contribution in [3.63, 3.8) is 0 Å². The zero-order chi connectivity index (χ0) is 15.8. The Bertz CT molecular complexity index is 418. The molecule has 1 rings (SSSR count). The fourth-order valence-electron chi connectivity index (χ4n) is 2.42. The van der Waals surface area contributed by atoms with Gasteiger partial charge in [0.2, 0.25) is 0 Å². The molecule has 120 valence electrons. The summed E-state index contributed by atoms with van der Waals surface area (Å²) in [6.07, 6.45) is 1.09. The van der Waals surface area contributed by atoms with Crippen LogP contribution in [0.15, 0.2) is 18.2 Å². The van der Waals surface area contributed by atoms with Crippen molar-refractivity contribution in [1.29, 1.82) is 0 Å². The summed E-state index contributed by atoms with van der Waals surface area (Å²) in [5.74, 6) is 0.537. The van der Waals surface area contributed by atoms with Gasteiger partial charge in [-0.2, -0.15) is 0 Å². The van der Waals surface area contributed by atoms with E-state index >= 15 is 0 Å². The van der Waals surface area contributed by atoms with Crippen molar-refractivity contribution in [2.24, 2.45) is 5.92 Å². The van der Waals surface area contributed by atoms with E-state index in [0.717, 1.165) is 37.2 Å². The Hall–Kier alpha value is -0.930. The normalized spacial score (nSPS) is 13.1. The van der Waals surface area contributed by atoms with E-state index in [9.17, 15) is 4.39 Å². The summed E-state index contributed by atoms with van der Waals surface area (Å²) in [6, 6.07) is 5.98. The van der Waals surface area contributed by atoms with Gasteiger partial charge >= 0.3 is 0 Å². The van der Waals surface area contributed by atoms with E-state index in [1.807, 2.05) is 12.1 Å². The molecule has 0 spiro atoms. The summed E-state index contributed by atoms with van der Waals surface area (Å²) in [4.78, 5) is 2.32. The van der Waals surface area contributed by atoms with Gasteiger partial charge in [-0.15, -0.1) is 0 Å². The lowest BCUT2D eigenvalue weighted by atomic mass is 10.1. The Morgan fingerprint density at radius 2 is 1.90 bits per heavy atom. The molecule has 3 heteroatoms. The molecule has 0 heterocycles. The van der Waals surface area contributed by atoms with Crippen LogP contribution in [0.4, 0.5) is 4.39 Å². The lowest BCUT2D eigenvalue weighted by Gasteiger charge is -2.27. The second-order valence-electron chi connectivity index (χ2n) is 6.27. The minimum absolute atomic E-state index is 0.0932. The number of benzene rings is 1. The van der Waals surface area contributed by atoms with Crippen LogP contribution < -0.4 is 5.32 Å². The van der Waals surface area contributed by atoms with Crippen LogP contribution >= 0.6 is 0 Å². The first-order valence-corrected chi connectivity index (χ1v) is 8.19. The van der Waals surface area contributed by atoms with Crippen molar-refractivity contribution < 1.29 is 4.39 Å². The highest BCUT2D eigenvalue weighted by molar-refractivity contribution is 5.25. The third kappa shape index (κ3) is 6.15. The summed E-state index contributed by atoms with van der Waals surface area (Å²) in [7, 11) is 0. The zero-order valence-corrected chi connectivity index (χ0v) is 14.2. The van der Waals surface area contributed by atoms with Gasteiger partial charge < -0.3 is 5.32 Å². The number of rotatable bonds is 9. The second kappa shape index (κ2) is 9.16. The largest absolute Gasteiger partial charge is 0.312 e. The van der Waals surface area contributed by atoms with E-state index in [1.165, 1.54) is 0 Å². The van der Waals surface area contributed by atoms with Gasteiger partial charge in [0, 0.05) is 24.7 Å². The second-order valence-corrected chi connectivity index (χ2v) is 6.27. The summed E-state index contributed by atoms with van der Waals surface area (Å²) in [5.41, 5.74) is 1.97. The molecule has 1 aromatic rings. The van der Waals surface area contributed by atoms with Crippen molar-refractivity contribution in [3.8, 4) is 0 Å². The average Bonchev–Trinajstić information content (AvgIpc) is 2.46. The van der Waals surface area contributed by atoms with Gasteiger partial charge in [-0.25, -0.2) is 4.39 Å². The van der Waals surface area contributed by atoms with Gasteiger partial charge in [0.05, 0.1) is 0 Å². The third-order valence-electron chi connectivity index (χ3n) is 3.99. The molecule has 1 aromatic carbocycles. The minimum atomic E-state index is -0.0932. The summed E-state index contributed by atoms with van der Waals surface area (Å²) in [5, 5.41) is 3.41. The van der Waals surface area contributed by atoms with Crippen LogP contribution in [-0.4, -0.2) is 24.0 Å². The molecule has 2 nitrogen and oxygen atoms in total. The number of hydrogen-bond donors (Lipinski definition) is 1. The molecule has 0 aliphatic heterocycles. The molecule has 0 fully saturated rings. The Labute approximate surface area is 129 Å². The standard InChI is InChI=1S/C18H31FN2/c1-6-15(5)21(7-2)13-17-10-16(8-9-18(17)19)12-20-11-14(3)4/h8-10,14-15,20H,6-7,11-13H2,1-5H3. The molecule has 0 aliphatic carbocycles. The maximum atomic E-state index is 14.0. The zero-order valence-electron chi connectivity index (χ0n) is 14.2. The van der Waals surface area contributed by atoms with Gasteiger partial charge in [-0.1, -0.05) is 39.8 Å². The fourth-order valence-corrected chi connectivity index (χ4v) is 2.42. The number of nitrogens with one attached hydrogen (secondary N) is 1. The van der Waals surface area contributed by atoms with Gasteiger partial charge in [-0.3, -0.25) is 4.90 Å². The van der Waals surface area contributed by atoms with Crippen LogP contribution in [0.25, 0.3) is 0 Å².